The van der Waals surface area contributed by atoms with Gasteiger partial charge in [0.2, 0.25) is 0 Å². The number of fused-ring (bicyclic) bond motifs is 2. The lowest BCUT2D eigenvalue weighted by molar-refractivity contribution is 0.469. The molecule has 0 spiro atoms. The molecule has 1 aliphatic rings. The highest BCUT2D eigenvalue weighted by molar-refractivity contribution is 5.87. The topological polar surface area (TPSA) is 38.5 Å². The number of rotatable bonds is 1. The largest absolute Gasteiger partial charge is 0.453 e. The molecule has 2 N–H and O–H groups in total. The predicted molar refractivity (Wildman–Crippen MR) is 79.4 cm³/mol. The lowest BCUT2D eigenvalue weighted by Crippen LogP contribution is -2.29. The Morgan fingerprint density at radius 3 is 2.53 bits per heavy atom. The summed E-state index contributed by atoms with van der Waals surface area (Å²) in [5.41, 5.74) is 10.2. The van der Waals surface area contributed by atoms with Crippen molar-refractivity contribution in [3.8, 4) is 11.5 Å². The molecule has 3 heteroatoms. The van der Waals surface area contributed by atoms with Crippen molar-refractivity contribution in [3.63, 3.8) is 0 Å². The number of benzene rings is 2. The fraction of sp³-hybridized carbons (Fsp3) is 0.250. The van der Waals surface area contributed by atoms with Gasteiger partial charge in [0.25, 0.3) is 0 Å². The fourth-order valence-corrected chi connectivity index (χ4v) is 2.54. The second kappa shape index (κ2) is 4.19. The lowest BCUT2D eigenvalue weighted by Gasteiger charge is -2.36. The first kappa shape index (κ1) is 11.9. The minimum absolute atomic E-state index is 0.313. The van der Waals surface area contributed by atoms with Gasteiger partial charge in [-0.25, -0.2) is 0 Å². The number of nitrogens with two attached hydrogens (primary N) is 1. The molecule has 0 fully saturated rings. The highest BCUT2D eigenvalue weighted by atomic mass is 16.5. The third-order valence-electron chi connectivity index (χ3n) is 3.50. The first-order valence-corrected chi connectivity index (χ1v) is 6.55. The summed E-state index contributed by atoms with van der Waals surface area (Å²) in [5.74, 6) is 1.71. The Morgan fingerprint density at radius 2 is 1.79 bits per heavy atom. The van der Waals surface area contributed by atoms with Gasteiger partial charge in [0, 0.05) is 6.04 Å². The van der Waals surface area contributed by atoms with E-state index in [2.05, 4.69) is 24.8 Å². The number of hydrogen-bond acceptors (Lipinski definition) is 3. The first-order chi connectivity index (χ1) is 9.09. The van der Waals surface area contributed by atoms with E-state index in [1.54, 1.807) is 0 Å². The minimum atomic E-state index is 0.313. The van der Waals surface area contributed by atoms with Crippen LogP contribution in [0.2, 0.25) is 0 Å². The Balaban J connectivity index is 2.27. The molecule has 0 aromatic heterocycles. The van der Waals surface area contributed by atoms with Gasteiger partial charge in [-0.2, -0.15) is 0 Å². The van der Waals surface area contributed by atoms with Crippen LogP contribution in [0.1, 0.15) is 19.4 Å². The van der Waals surface area contributed by atoms with E-state index in [0.717, 1.165) is 34.1 Å². The van der Waals surface area contributed by atoms with E-state index in [0.29, 0.717) is 6.04 Å². The van der Waals surface area contributed by atoms with Gasteiger partial charge in [-0.1, -0.05) is 18.2 Å². The highest BCUT2D eigenvalue weighted by Crippen LogP contribution is 2.50. The molecule has 3 rings (SSSR count). The molecule has 0 unspecified atom stereocenters. The van der Waals surface area contributed by atoms with E-state index < -0.39 is 0 Å². The van der Waals surface area contributed by atoms with Gasteiger partial charge in [0.15, 0.2) is 11.5 Å². The molecule has 1 aliphatic heterocycles. The van der Waals surface area contributed by atoms with Crippen LogP contribution in [-0.4, -0.2) is 6.04 Å². The Morgan fingerprint density at radius 1 is 1.05 bits per heavy atom. The van der Waals surface area contributed by atoms with E-state index in [1.807, 2.05) is 37.3 Å². The minimum Gasteiger partial charge on any atom is -0.453 e. The SMILES string of the molecule is Cc1ccc2c(c1N)N(C(C)C)c1ccccc1O2. The number of nitrogen functional groups attached to an aromatic ring is 1. The molecular weight excluding hydrogens is 236 g/mol. The highest BCUT2D eigenvalue weighted by Gasteiger charge is 2.28. The van der Waals surface area contributed by atoms with Crippen molar-refractivity contribution in [2.24, 2.45) is 0 Å². The molecule has 0 aliphatic carbocycles. The van der Waals surface area contributed by atoms with E-state index >= 15 is 0 Å². The van der Waals surface area contributed by atoms with Crippen molar-refractivity contribution in [2.75, 3.05) is 10.6 Å². The molecule has 0 saturated carbocycles. The van der Waals surface area contributed by atoms with Crippen LogP contribution in [0.15, 0.2) is 36.4 Å². The number of aryl methyl sites for hydroxylation is 1. The monoisotopic (exact) mass is 254 g/mol. The van der Waals surface area contributed by atoms with Crippen LogP contribution in [0, 0.1) is 6.92 Å². The third kappa shape index (κ3) is 1.73. The second-order valence-electron chi connectivity index (χ2n) is 5.18. The van der Waals surface area contributed by atoms with Crippen molar-refractivity contribution in [1.29, 1.82) is 0 Å². The summed E-state index contributed by atoms with van der Waals surface area (Å²) in [7, 11) is 0. The van der Waals surface area contributed by atoms with Gasteiger partial charge in [0.1, 0.15) is 5.69 Å². The molecule has 2 aromatic carbocycles. The summed E-state index contributed by atoms with van der Waals surface area (Å²) in [6.07, 6.45) is 0. The number of nitrogens with zero attached hydrogens (tertiary/aromatic N) is 1. The Hall–Kier alpha value is -2.16. The summed E-state index contributed by atoms with van der Waals surface area (Å²) in [5, 5.41) is 0. The van der Waals surface area contributed by atoms with Crippen LogP contribution >= 0.6 is 0 Å². The Bertz CT molecular complexity index is 635. The summed E-state index contributed by atoms with van der Waals surface area (Å²) in [6, 6.07) is 12.4. The van der Waals surface area contributed by atoms with Gasteiger partial charge < -0.3 is 15.4 Å². The molecule has 3 nitrogen and oxygen atoms in total. The number of ether oxygens (including phenoxy) is 1. The van der Waals surface area contributed by atoms with E-state index in [9.17, 15) is 0 Å². The second-order valence-corrected chi connectivity index (χ2v) is 5.18. The zero-order valence-electron chi connectivity index (χ0n) is 11.5. The van der Waals surface area contributed by atoms with Gasteiger partial charge in [-0.3, -0.25) is 0 Å². The van der Waals surface area contributed by atoms with Gasteiger partial charge in [-0.15, -0.1) is 0 Å². The van der Waals surface area contributed by atoms with Crippen molar-refractivity contribution in [1.82, 2.24) is 0 Å². The maximum atomic E-state index is 6.27. The zero-order valence-corrected chi connectivity index (χ0v) is 11.5. The van der Waals surface area contributed by atoms with Crippen LogP contribution in [0.4, 0.5) is 17.1 Å². The molecular formula is C16H18N2O. The maximum absolute atomic E-state index is 6.27. The molecule has 0 saturated heterocycles. The number of anilines is 3. The van der Waals surface area contributed by atoms with Crippen LogP contribution in [-0.2, 0) is 0 Å². The maximum Gasteiger partial charge on any atom is 0.153 e. The molecule has 0 radical (unpaired) electrons. The van der Waals surface area contributed by atoms with Gasteiger partial charge in [-0.05, 0) is 44.5 Å². The van der Waals surface area contributed by atoms with Gasteiger partial charge >= 0.3 is 0 Å². The Labute approximate surface area is 113 Å². The summed E-state index contributed by atoms with van der Waals surface area (Å²) >= 11 is 0. The zero-order chi connectivity index (χ0) is 13.6. The normalized spacial score (nSPS) is 12.9. The molecule has 98 valence electrons. The quantitative estimate of drug-likeness (QED) is 0.774. The smallest absolute Gasteiger partial charge is 0.153 e. The third-order valence-corrected chi connectivity index (χ3v) is 3.50. The first-order valence-electron chi connectivity index (χ1n) is 6.55. The average molecular weight is 254 g/mol. The van der Waals surface area contributed by atoms with E-state index in [4.69, 9.17) is 10.5 Å². The predicted octanol–water partition coefficient (Wildman–Crippen LogP) is 4.23. The standard InChI is InChI=1S/C16H18N2O/c1-10(2)18-12-6-4-5-7-13(12)19-14-9-8-11(3)15(17)16(14)18/h4-10H,17H2,1-3H3. The summed E-state index contributed by atoms with van der Waals surface area (Å²) in [4.78, 5) is 2.25. The number of hydrogen-bond donors (Lipinski definition) is 1. The molecule has 1 heterocycles. The summed E-state index contributed by atoms with van der Waals surface area (Å²) < 4.78 is 5.97. The lowest BCUT2D eigenvalue weighted by atomic mass is 10.1. The number of para-hydroxylation sites is 2. The molecule has 0 atom stereocenters. The van der Waals surface area contributed by atoms with E-state index in [-0.39, 0.29) is 0 Å². The van der Waals surface area contributed by atoms with Crippen molar-refractivity contribution >= 4 is 17.1 Å². The van der Waals surface area contributed by atoms with Crippen LogP contribution in [0.25, 0.3) is 0 Å². The Kier molecular flexibility index (Phi) is 2.63. The molecule has 0 amide bonds. The fourth-order valence-electron chi connectivity index (χ4n) is 2.54. The summed E-state index contributed by atoms with van der Waals surface area (Å²) in [6.45, 7) is 6.34. The average Bonchev–Trinajstić information content (AvgIpc) is 2.40. The molecule has 19 heavy (non-hydrogen) atoms. The van der Waals surface area contributed by atoms with Crippen molar-refractivity contribution < 1.29 is 4.74 Å². The van der Waals surface area contributed by atoms with Crippen molar-refractivity contribution in [2.45, 2.75) is 26.8 Å². The van der Waals surface area contributed by atoms with E-state index in [1.165, 1.54) is 0 Å². The molecule has 2 aromatic rings. The van der Waals surface area contributed by atoms with Crippen LogP contribution < -0.4 is 15.4 Å². The van der Waals surface area contributed by atoms with Crippen LogP contribution in [0.3, 0.4) is 0 Å². The van der Waals surface area contributed by atoms with Crippen LogP contribution in [0.5, 0.6) is 11.5 Å². The van der Waals surface area contributed by atoms with Crippen molar-refractivity contribution in [3.05, 3.63) is 42.0 Å². The molecule has 0 bridgehead atoms. The van der Waals surface area contributed by atoms with Gasteiger partial charge in [0.05, 0.1) is 11.4 Å².